The van der Waals surface area contributed by atoms with Gasteiger partial charge in [-0.25, -0.2) is 4.79 Å². The minimum absolute atomic E-state index is 0.0628. The third-order valence-electron chi connectivity index (χ3n) is 3.27. The quantitative estimate of drug-likeness (QED) is 0.772. The Balaban J connectivity index is 2.10. The summed E-state index contributed by atoms with van der Waals surface area (Å²) in [5.41, 5.74) is 4.00. The van der Waals surface area contributed by atoms with Gasteiger partial charge in [0.25, 0.3) is 0 Å². The van der Waals surface area contributed by atoms with E-state index in [1.165, 1.54) is 0 Å². The lowest BCUT2D eigenvalue weighted by atomic mass is 10.2. The Kier molecular flexibility index (Phi) is 3.03. The van der Waals surface area contributed by atoms with Crippen molar-refractivity contribution in [3.63, 3.8) is 0 Å². The highest BCUT2D eigenvalue weighted by molar-refractivity contribution is 9.10. The van der Waals surface area contributed by atoms with E-state index >= 15 is 0 Å². The van der Waals surface area contributed by atoms with Gasteiger partial charge in [0.15, 0.2) is 0 Å². The van der Waals surface area contributed by atoms with Crippen molar-refractivity contribution in [2.75, 3.05) is 0 Å². The first kappa shape index (κ1) is 12.2. The van der Waals surface area contributed by atoms with Crippen molar-refractivity contribution < 1.29 is 0 Å². The van der Waals surface area contributed by atoms with E-state index in [2.05, 4.69) is 20.9 Å². The van der Waals surface area contributed by atoms with Crippen molar-refractivity contribution in [2.45, 2.75) is 13.5 Å². The van der Waals surface area contributed by atoms with Crippen LogP contribution in [0.15, 0.2) is 51.7 Å². The van der Waals surface area contributed by atoms with Gasteiger partial charge in [-0.05, 0) is 36.2 Å². The van der Waals surface area contributed by atoms with Gasteiger partial charge in [-0.2, -0.15) is 0 Å². The number of halogens is 1. The molecule has 0 saturated carbocycles. The summed E-state index contributed by atoms with van der Waals surface area (Å²) in [5.74, 6) is 0. The van der Waals surface area contributed by atoms with Crippen molar-refractivity contribution in [3.8, 4) is 0 Å². The van der Waals surface area contributed by atoms with Gasteiger partial charge in [0.1, 0.15) is 0 Å². The van der Waals surface area contributed by atoms with Crippen LogP contribution in [-0.4, -0.2) is 9.55 Å². The highest BCUT2D eigenvalue weighted by Crippen LogP contribution is 2.16. The highest BCUT2D eigenvalue weighted by Gasteiger charge is 2.08. The summed E-state index contributed by atoms with van der Waals surface area (Å²) in [6.07, 6.45) is 0. The van der Waals surface area contributed by atoms with Gasteiger partial charge >= 0.3 is 5.69 Å². The summed E-state index contributed by atoms with van der Waals surface area (Å²) in [5, 5.41) is 0. The monoisotopic (exact) mass is 316 g/mol. The molecule has 3 nitrogen and oxygen atoms in total. The summed E-state index contributed by atoms with van der Waals surface area (Å²) >= 11 is 3.41. The first-order valence-electron chi connectivity index (χ1n) is 6.08. The molecule has 2 aromatic carbocycles. The van der Waals surface area contributed by atoms with Crippen LogP contribution in [0, 0.1) is 6.92 Å². The van der Waals surface area contributed by atoms with Crippen LogP contribution in [0.4, 0.5) is 0 Å². The van der Waals surface area contributed by atoms with E-state index in [1.807, 2.05) is 49.4 Å². The molecule has 3 rings (SSSR count). The van der Waals surface area contributed by atoms with Crippen LogP contribution in [0.3, 0.4) is 0 Å². The molecule has 0 fully saturated rings. The lowest BCUT2D eigenvalue weighted by Crippen LogP contribution is -2.17. The Morgan fingerprint density at radius 3 is 2.63 bits per heavy atom. The number of aryl methyl sites for hydroxylation is 1. The molecule has 19 heavy (non-hydrogen) atoms. The number of nitrogens with zero attached hydrogens (tertiary/aromatic N) is 1. The number of para-hydroxylation sites is 1. The van der Waals surface area contributed by atoms with E-state index in [9.17, 15) is 4.79 Å². The predicted octanol–water partition coefficient (Wildman–Crippen LogP) is 3.45. The van der Waals surface area contributed by atoms with E-state index in [4.69, 9.17) is 0 Å². The maximum atomic E-state index is 12.1. The van der Waals surface area contributed by atoms with Crippen LogP contribution in [-0.2, 0) is 6.54 Å². The van der Waals surface area contributed by atoms with Gasteiger partial charge < -0.3 is 4.98 Å². The van der Waals surface area contributed by atoms with Crippen molar-refractivity contribution in [1.29, 1.82) is 0 Å². The number of H-pyrrole nitrogens is 1. The fraction of sp³-hybridized carbons (Fsp3) is 0.133. The SMILES string of the molecule is Cc1cccc2c1[nH]c(=O)n2Cc1ccc(Br)cc1. The molecule has 0 atom stereocenters. The Labute approximate surface area is 119 Å². The lowest BCUT2D eigenvalue weighted by molar-refractivity contribution is 0.787. The Bertz CT molecular complexity index is 784. The first-order chi connectivity index (χ1) is 9.15. The second kappa shape index (κ2) is 4.70. The standard InChI is InChI=1S/C15H13BrN2O/c1-10-3-2-4-13-14(10)17-15(19)18(13)9-11-5-7-12(16)8-6-11/h2-8H,9H2,1H3,(H,17,19). The molecule has 96 valence electrons. The molecule has 0 bridgehead atoms. The molecular weight excluding hydrogens is 304 g/mol. The molecule has 0 radical (unpaired) electrons. The number of fused-ring (bicyclic) bond motifs is 1. The Hall–Kier alpha value is -1.81. The average molecular weight is 317 g/mol. The molecular formula is C15H13BrN2O. The summed E-state index contributed by atoms with van der Waals surface area (Å²) in [6.45, 7) is 2.58. The molecule has 0 aliphatic rings. The van der Waals surface area contributed by atoms with Gasteiger partial charge in [-0.3, -0.25) is 4.57 Å². The molecule has 0 aliphatic heterocycles. The number of hydrogen-bond donors (Lipinski definition) is 1. The molecule has 1 N–H and O–H groups in total. The Morgan fingerprint density at radius 1 is 1.16 bits per heavy atom. The molecule has 1 aromatic heterocycles. The van der Waals surface area contributed by atoms with Crippen molar-refractivity contribution in [3.05, 3.63) is 68.5 Å². The van der Waals surface area contributed by atoms with Crippen molar-refractivity contribution >= 4 is 27.0 Å². The van der Waals surface area contributed by atoms with Crippen LogP contribution in [0.1, 0.15) is 11.1 Å². The minimum atomic E-state index is -0.0628. The number of hydrogen-bond acceptors (Lipinski definition) is 1. The second-order valence-corrected chi connectivity index (χ2v) is 5.53. The third-order valence-corrected chi connectivity index (χ3v) is 3.80. The topological polar surface area (TPSA) is 37.8 Å². The first-order valence-corrected chi connectivity index (χ1v) is 6.87. The Morgan fingerprint density at radius 2 is 1.89 bits per heavy atom. The number of nitrogens with one attached hydrogen (secondary N) is 1. The van der Waals surface area contributed by atoms with Crippen LogP contribution >= 0.6 is 15.9 Å². The largest absolute Gasteiger partial charge is 0.326 e. The second-order valence-electron chi connectivity index (χ2n) is 4.61. The maximum absolute atomic E-state index is 12.1. The van der Waals surface area contributed by atoms with Gasteiger partial charge in [-0.1, -0.05) is 40.2 Å². The fourth-order valence-electron chi connectivity index (χ4n) is 2.25. The van der Waals surface area contributed by atoms with E-state index in [-0.39, 0.29) is 5.69 Å². The van der Waals surface area contributed by atoms with Gasteiger partial charge in [0.2, 0.25) is 0 Å². The van der Waals surface area contributed by atoms with Gasteiger partial charge in [0.05, 0.1) is 17.6 Å². The summed E-state index contributed by atoms with van der Waals surface area (Å²) in [4.78, 5) is 15.0. The maximum Gasteiger partial charge on any atom is 0.326 e. The lowest BCUT2D eigenvalue weighted by Gasteiger charge is -2.04. The zero-order valence-corrected chi connectivity index (χ0v) is 12.1. The molecule has 0 spiro atoms. The zero-order valence-electron chi connectivity index (χ0n) is 10.5. The molecule has 4 heteroatoms. The van der Waals surface area contributed by atoms with E-state index in [1.54, 1.807) is 4.57 Å². The van der Waals surface area contributed by atoms with Crippen LogP contribution in [0.5, 0.6) is 0 Å². The van der Waals surface area contributed by atoms with Crippen LogP contribution < -0.4 is 5.69 Å². The summed E-state index contributed by atoms with van der Waals surface area (Å²) in [7, 11) is 0. The third kappa shape index (κ3) is 2.24. The highest BCUT2D eigenvalue weighted by atomic mass is 79.9. The number of benzene rings is 2. The molecule has 0 saturated heterocycles. The molecule has 0 unspecified atom stereocenters. The fourth-order valence-corrected chi connectivity index (χ4v) is 2.52. The average Bonchev–Trinajstić information content (AvgIpc) is 2.71. The van der Waals surface area contributed by atoms with Gasteiger partial charge in [0, 0.05) is 4.47 Å². The number of imidazole rings is 1. The number of rotatable bonds is 2. The van der Waals surface area contributed by atoms with E-state index in [0.717, 1.165) is 26.6 Å². The molecule has 1 heterocycles. The van der Waals surface area contributed by atoms with Crippen LogP contribution in [0.25, 0.3) is 11.0 Å². The van der Waals surface area contributed by atoms with Crippen molar-refractivity contribution in [1.82, 2.24) is 9.55 Å². The van der Waals surface area contributed by atoms with Crippen LogP contribution in [0.2, 0.25) is 0 Å². The van der Waals surface area contributed by atoms with E-state index in [0.29, 0.717) is 6.54 Å². The van der Waals surface area contributed by atoms with Gasteiger partial charge in [-0.15, -0.1) is 0 Å². The molecule has 3 aromatic rings. The predicted molar refractivity (Wildman–Crippen MR) is 80.5 cm³/mol. The summed E-state index contributed by atoms with van der Waals surface area (Å²) in [6, 6.07) is 14.0. The number of aromatic nitrogens is 2. The normalized spacial score (nSPS) is 11.1. The smallest absolute Gasteiger partial charge is 0.305 e. The summed E-state index contributed by atoms with van der Waals surface area (Å²) < 4.78 is 2.81. The molecule has 0 aliphatic carbocycles. The van der Waals surface area contributed by atoms with E-state index < -0.39 is 0 Å². The zero-order chi connectivity index (χ0) is 13.4. The van der Waals surface area contributed by atoms with Crippen molar-refractivity contribution in [2.24, 2.45) is 0 Å². The minimum Gasteiger partial charge on any atom is -0.305 e. The molecule has 0 amide bonds. The number of aromatic amines is 1.